The highest BCUT2D eigenvalue weighted by Crippen LogP contribution is 2.19. The molecule has 0 aliphatic heterocycles. The van der Waals surface area contributed by atoms with E-state index in [-0.39, 0.29) is 6.10 Å². The summed E-state index contributed by atoms with van der Waals surface area (Å²) in [4.78, 5) is 10.4. The van der Waals surface area contributed by atoms with Crippen LogP contribution in [0.5, 0.6) is 0 Å². The third-order valence-corrected chi connectivity index (χ3v) is 1.81. The summed E-state index contributed by atoms with van der Waals surface area (Å²) in [7, 11) is 0. The van der Waals surface area contributed by atoms with Gasteiger partial charge in [-0.15, -0.1) is 0 Å². The average Bonchev–Trinajstić information content (AvgIpc) is 1.85. The molecule has 1 rings (SSSR count). The Kier molecular flexibility index (Phi) is 2.52. The van der Waals surface area contributed by atoms with Crippen LogP contribution in [0.15, 0.2) is 11.6 Å². The van der Waals surface area contributed by atoms with Gasteiger partial charge >= 0.3 is 6.09 Å². The molecule has 3 nitrogen and oxygen atoms in total. The summed E-state index contributed by atoms with van der Waals surface area (Å²) >= 11 is 0. The Labute approximate surface area is 66.2 Å². The van der Waals surface area contributed by atoms with Crippen LogP contribution in [0.3, 0.4) is 0 Å². The summed E-state index contributed by atoms with van der Waals surface area (Å²) in [6.07, 6.45) is 4.25. The van der Waals surface area contributed by atoms with Crippen LogP contribution in [0.25, 0.3) is 0 Å². The van der Waals surface area contributed by atoms with E-state index in [0.29, 0.717) is 0 Å². The maximum absolute atomic E-state index is 10.4. The quantitative estimate of drug-likeness (QED) is 0.584. The maximum Gasteiger partial charge on any atom is 0.404 e. The summed E-state index contributed by atoms with van der Waals surface area (Å²) in [6, 6.07) is 0. The largest absolute Gasteiger partial charge is 0.446 e. The van der Waals surface area contributed by atoms with Crippen LogP contribution in [-0.2, 0) is 4.74 Å². The molecule has 1 aliphatic rings. The zero-order chi connectivity index (χ0) is 8.27. The van der Waals surface area contributed by atoms with Crippen LogP contribution in [0.4, 0.5) is 4.79 Å². The van der Waals surface area contributed by atoms with Crippen LogP contribution in [0.2, 0.25) is 0 Å². The van der Waals surface area contributed by atoms with Gasteiger partial charge in [-0.25, -0.2) is 4.79 Å². The molecule has 1 amide bonds. The molecule has 1 atom stereocenters. The van der Waals surface area contributed by atoms with Gasteiger partial charge in [-0.2, -0.15) is 0 Å². The molecule has 3 heteroatoms. The van der Waals surface area contributed by atoms with Crippen LogP contribution in [0.1, 0.15) is 26.2 Å². The second kappa shape index (κ2) is 3.42. The SMILES string of the molecule is CC1=CCCC(OC(N)=O)C1. The van der Waals surface area contributed by atoms with Crippen molar-refractivity contribution in [2.45, 2.75) is 32.3 Å². The number of allylic oxidation sites excluding steroid dienone is 1. The molecule has 0 saturated carbocycles. The van der Waals surface area contributed by atoms with E-state index in [4.69, 9.17) is 10.5 Å². The normalized spacial score (nSPS) is 24.1. The lowest BCUT2D eigenvalue weighted by Crippen LogP contribution is -2.24. The molecule has 0 heterocycles. The summed E-state index contributed by atoms with van der Waals surface area (Å²) < 4.78 is 4.86. The minimum atomic E-state index is -0.662. The summed E-state index contributed by atoms with van der Waals surface area (Å²) in [5.74, 6) is 0. The Balaban J connectivity index is 2.38. The second-order valence-electron chi connectivity index (χ2n) is 2.89. The van der Waals surface area contributed by atoms with Crippen molar-refractivity contribution in [3.63, 3.8) is 0 Å². The zero-order valence-electron chi connectivity index (χ0n) is 6.67. The maximum atomic E-state index is 10.4. The zero-order valence-corrected chi connectivity index (χ0v) is 6.67. The molecule has 0 spiro atoms. The van der Waals surface area contributed by atoms with E-state index in [0.717, 1.165) is 19.3 Å². The smallest absolute Gasteiger partial charge is 0.404 e. The summed E-state index contributed by atoms with van der Waals surface area (Å²) in [5.41, 5.74) is 6.17. The van der Waals surface area contributed by atoms with E-state index >= 15 is 0 Å². The number of amides is 1. The van der Waals surface area contributed by atoms with Crippen molar-refractivity contribution in [1.82, 2.24) is 0 Å². The number of carbonyl (C=O) groups is 1. The van der Waals surface area contributed by atoms with Crippen molar-refractivity contribution in [2.75, 3.05) is 0 Å². The number of ether oxygens (including phenoxy) is 1. The first-order valence-corrected chi connectivity index (χ1v) is 3.80. The third kappa shape index (κ3) is 2.62. The van der Waals surface area contributed by atoms with Gasteiger partial charge in [-0.3, -0.25) is 0 Å². The van der Waals surface area contributed by atoms with Crippen LogP contribution in [-0.4, -0.2) is 12.2 Å². The first-order valence-electron chi connectivity index (χ1n) is 3.80. The lowest BCUT2D eigenvalue weighted by atomic mass is 9.98. The molecule has 0 aromatic rings. The van der Waals surface area contributed by atoms with E-state index in [9.17, 15) is 4.79 Å². The minimum Gasteiger partial charge on any atom is -0.446 e. The van der Waals surface area contributed by atoms with Gasteiger partial charge in [-0.05, 0) is 19.8 Å². The fraction of sp³-hybridized carbons (Fsp3) is 0.625. The molecular weight excluding hydrogens is 142 g/mol. The predicted molar refractivity (Wildman–Crippen MR) is 42.1 cm³/mol. The molecule has 0 bridgehead atoms. The predicted octanol–water partition coefficient (Wildman–Crippen LogP) is 1.58. The molecule has 1 unspecified atom stereocenters. The Morgan fingerprint density at radius 2 is 2.55 bits per heavy atom. The number of primary amides is 1. The molecule has 1 aliphatic carbocycles. The van der Waals surface area contributed by atoms with E-state index in [1.807, 2.05) is 6.92 Å². The molecule has 11 heavy (non-hydrogen) atoms. The van der Waals surface area contributed by atoms with Crippen molar-refractivity contribution >= 4 is 6.09 Å². The average molecular weight is 155 g/mol. The number of nitrogens with two attached hydrogens (primary N) is 1. The molecular formula is C8H13NO2. The standard InChI is InChI=1S/C8H13NO2/c1-6-3-2-4-7(5-6)11-8(9)10/h3,7H,2,4-5H2,1H3,(H2,9,10). The lowest BCUT2D eigenvalue weighted by Gasteiger charge is -2.19. The highest BCUT2D eigenvalue weighted by Gasteiger charge is 2.15. The Bertz CT molecular complexity index is 187. The lowest BCUT2D eigenvalue weighted by molar-refractivity contribution is 0.0990. The van der Waals surface area contributed by atoms with Gasteiger partial charge in [0.15, 0.2) is 0 Å². The van der Waals surface area contributed by atoms with Crippen molar-refractivity contribution in [2.24, 2.45) is 5.73 Å². The molecule has 0 aromatic heterocycles. The summed E-state index contributed by atoms with van der Waals surface area (Å²) in [5, 5.41) is 0. The topological polar surface area (TPSA) is 52.3 Å². The Morgan fingerprint density at radius 3 is 3.09 bits per heavy atom. The van der Waals surface area contributed by atoms with Gasteiger partial charge in [-0.1, -0.05) is 11.6 Å². The van der Waals surface area contributed by atoms with Gasteiger partial charge in [0.1, 0.15) is 6.10 Å². The monoisotopic (exact) mass is 155 g/mol. The highest BCUT2D eigenvalue weighted by molar-refractivity contribution is 5.64. The Hall–Kier alpha value is -0.990. The van der Waals surface area contributed by atoms with Crippen molar-refractivity contribution in [3.8, 4) is 0 Å². The highest BCUT2D eigenvalue weighted by atomic mass is 16.6. The van der Waals surface area contributed by atoms with Crippen LogP contribution < -0.4 is 5.73 Å². The third-order valence-electron chi connectivity index (χ3n) is 1.81. The van der Waals surface area contributed by atoms with Crippen molar-refractivity contribution in [3.05, 3.63) is 11.6 Å². The van der Waals surface area contributed by atoms with Crippen molar-refractivity contribution in [1.29, 1.82) is 0 Å². The summed E-state index contributed by atoms with van der Waals surface area (Å²) in [6.45, 7) is 2.04. The van der Waals surface area contributed by atoms with E-state index < -0.39 is 6.09 Å². The molecule has 2 N–H and O–H groups in total. The first-order chi connectivity index (χ1) is 5.18. The number of hydrogen-bond donors (Lipinski definition) is 1. The van der Waals surface area contributed by atoms with Gasteiger partial charge in [0, 0.05) is 6.42 Å². The van der Waals surface area contributed by atoms with Gasteiger partial charge < -0.3 is 10.5 Å². The number of carbonyl (C=O) groups excluding carboxylic acids is 1. The van der Waals surface area contributed by atoms with Gasteiger partial charge in [0.05, 0.1) is 0 Å². The van der Waals surface area contributed by atoms with Gasteiger partial charge in [0.2, 0.25) is 0 Å². The first kappa shape index (κ1) is 8.11. The minimum absolute atomic E-state index is 0.0116. The van der Waals surface area contributed by atoms with Gasteiger partial charge in [0.25, 0.3) is 0 Å². The fourth-order valence-electron chi connectivity index (χ4n) is 1.32. The van der Waals surface area contributed by atoms with E-state index in [1.165, 1.54) is 5.57 Å². The second-order valence-corrected chi connectivity index (χ2v) is 2.89. The van der Waals surface area contributed by atoms with E-state index in [1.54, 1.807) is 0 Å². The number of rotatable bonds is 1. The molecule has 0 radical (unpaired) electrons. The van der Waals surface area contributed by atoms with Crippen LogP contribution >= 0.6 is 0 Å². The van der Waals surface area contributed by atoms with Crippen molar-refractivity contribution < 1.29 is 9.53 Å². The molecule has 0 fully saturated rings. The molecule has 62 valence electrons. The molecule has 0 aromatic carbocycles. The number of hydrogen-bond acceptors (Lipinski definition) is 2. The fourth-order valence-corrected chi connectivity index (χ4v) is 1.32. The van der Waals surface area contributed by atoms with E-state index in [2.05, 4.69) is 6.08 Å². The Morgan fingerprint density at radius 1 is 1.82 bits per heavy atom. The van der Waals surface area contributed by atoms with Crippen LogP contribution in [0, 0.1) is 0 Å². The molecule has 0 saturated heterocycles.